The molecule has 1 aliphatic rings. The quantitative estimate of drug-likeness (QED) is 0.786. The molecule has 0 radical (unpaired) electrons. The molecule has 0 saturated carbocycles. The van der Waals surface area contributed by atoms with Crippen LogP contribution in [0.15, 0.2) is 24.3 Å². The normalized spacial score (nSPS) is 16.3. The Morgan fingerprint density at radius 3 is 2.58 bits per heavy atom. The van der Waals surface area contributed by atoms with Crippen LogP contribution in [0.2, 0.25) is 0 Å². The van der Waals surface area contributed by atoms with Gasteiger partial charge in [-0.1, -0.05) is 18.3 Å². The zero-order valence-electron chi connectivity index (χ0n) is 10.6. The molecule has 1 aromatic rings. The van der Waals surface area contributed by atoms with Gasteiger partial charge in [-0.15, -0.1) is 0 Å². The van der Waals surface area contributed by atoms with Crippen LogP contribution in [0.25, 0.3) is 0 Å². The van der Waals surface area contributed by atoms with Gasteiger partial charge in [-0.05, 0) is 18.2 Å². The molecule has 0 bridgehead atoms. The Morgan fingerprint density at radius 1 is 1.32 bits per heavy atom. The molecular weight excluding hydrogens is 262 g/mol. The maximum absolute atomic E-state index is 12.2. The molecule has 5 nitrogen and oxygen atoms in total. The van der Waals surface area contributed by atoms with E-state index < -0.39 is 0 Å². The van der Waals surface area contributed by atoms with Gasteiger partial charge < -0.3 is 15.7 Å². The van der Waals surface area contributed by atoms with Gasteiger partial charge in [0.15, 0.2) is 0 Å². The molecule has 1 fully saturated rings. The van der Waals surface area contributed by atoms with Gasteiger partial charge in [-0.2, -0.15) is 0 Å². The van der Waals surface area contributed by atoms with Crippen LogP contribution in [0, 0.1) is 0 Å². The first-order valence-corrected chi connectivity index (χ1v) is 6.56. The van der Waals surface area contributed by atoms with E-state index in [1.54, 1.807) is 23.1 Å². The minimum atomic E-state index is -0.0501. The zero-order valence-corrected chi connectivity index (χ0v) is 11.4. The number of benzene rings is 1. The van der Waals surface area contributed by atoms with Crippen molar-refractivity contribution >= 4 is 23.1 Å². The Balaban J connectivity index is 1.94. The van der Waals surface area contributed by atoms with Crippen LogP contribution in [0.5, 0.6) is 5.75 Å². The summed E-state index contributed by atoms with van der Waals surface area (Å²) in [5.74, 6) is 0.0591. The molecule has 0 aliphatic carbocycles. The summed E-state index contributed by atoms with van der Waals surface area (Å²) in [5.41, 5.74) is 6.02. The van der Waals surface area contributed by atoms with Crippen molar-refractivity contribution in [1.29, 1.82) is 0 Å². The molecule has 1 heterocycles. The number of thiocarbonyl (C=S) groups is 1. The summed E-state index contributed by atoms with van der Waals surface area (Å²) < 4.78 is 0. The predicted octanol–water partition coefficient (Wildman–Crippen LogP) is 0.436. The fourth-order valence-corrected chi connectivity index (χ4v) is 2.33. The van der Waals surface area contributed by atoms with Crippen molar-refractivity contribution in [2.45, 2.75) is 0 Å². The van der Waals surface area contributed by atoms with Crippen LogP contribution in [-0.4, -0.2) is 58.5 Å². The molecule has 1 amide bonds. The van der Waals surface area contributed by atoms with E-state index in [1.165, 1.54) is 6.07 Å². The van der Waals surface area contributed by atoms with E-state index in [1.807, 2.05) is 0 Å². The Hall–Kier alpha value is -1.66. The standard InChI is InChI=1S/C13H17N3O2S/c14-12(19)9-15-4-6-16(7-5-15)13(18)10-2-1-3-11(17)8-10/h1-3,8,17H,4-7,9H2,(H2,14,19). The lowest BCUT2D eigenvalue weighted by molar-refractivity contribution is 0.0654. The molecular formula is C13H17N3O2S. The lowest BCUT2D eigenvalue weighted by atomic mass is 10.1. The van der Waals surface area contributed by atoms with Gasteiger partial charge in [0.25, 0.3) is 5.91 Å². The van der Waals surface area contributed by atoms with E-state index in [-0.39, 0.29) is 11.7 Å². The van der Waals surface area contributed by atoms with Crippen molar-refractivity contribution in [2.24, 2.45) is 5.73 Å². The number of rotatable bonds is 3. The third-order valence-electron chi connectivity index (χ3n) is 3.13. The van der Waals surface area contributed by atoms with Gasteiger partial charge in [0.05, 0.1) is 4.99 Å². The number of piperazine rings is 1. The van der Waals surface area contributed by atoms with E-state index in [2.05, 4.69) is 4.90 Å². The lowest BCUT2D eigenvalue weighted by Gasteiger charge is -2.34. The average Bonchev–Trinajstić information content (AvgIpc) is 2.38. The van der Waals surface area contributed by atoms with Crippen molar-refractivity contribution in [3.8, 4) is 5.75 Å². The van der Waals surface area contributed by atoms with Crippen molar-refractivity contribution < 1.29 is 9.90 Å². The largest absolute Gasteiger partial charge is 0.508 e. The Bertz CT molecular complexity index is 485. The Kier molecular flexibility index (Phi) is 4.34. The van der Waals surface area contributed by atoms with Crippen LogP contribution in [-0.2, 0) is 0 Å². The summed E-state index contributed by atoms with van der Waals surface area (Å²) in [7, 11) is 0. The van der Waals surface area contributed by atoms with Gasteiger partial charge in [-0.25, -0.2) is 0 Å². The smallest absolute Gasteiger partial charge is 0.254 e. The van der Waals surface area contributed by atoms with E-state index in [0.29, 0.717) is 30.2 Å². The second-order valence-electron chi connectivity index (χ2n) is 4.58. The Labute approximate surface area is 117 Å². The highest BCUT2D eigenvalue weighted by Gasteiger charge is 2.22. The van der Waals surface area contributed by atoms with E-state index >= 15 is 0 Å². The van der Waals surface area contributed by atoms with Crippen LogP contribution in [0.3, 0.4) is 0 Å². The van der Waals surface area contributed by atoms with Crippen LogP contribution in [0.4, 0.5) is 0 Å². The molecule has 0 atom stereocenters. The molecule has 0 aromatic heterocycles. The zero-order chi connectivity index (χ0) is 13.8. The number of hydrogen-bond acceptors (Lipinski definition) is 4. The fraction of sp³-hybridized carbons (Fsp3) is 0.385. The second-order valence-corrected chi connectivity index (χ2v) is 5.11. The molecule has 6 heteroatoms. The minimum Gasteiger partial charge on any atom is -0.508 e. The number of carbonyl (C=O) groups excluding carboxylic acids is 1. The van der Waals surface area contributed by atoms with Crippen LogP contribution < -0.4 is 5.73 Å². The van der Waals surface area contributed by atoms with Crippen molar-refractivity contribution in [2.75, 3.05) is 32.7 Å². The third-order valence-corrected chi connectivity index (χ3v) is 3.26. The summed E-state index contributed by atoms with van der Waals surface area (Å²) in [5, 5.41) is 9.39. The highest BCUT2D eigenvalue weighted by atomic mass is 32.1. The first-order valence-electron chi connectivity index (χ1n) is 6.15. The number of carbonyl (C=O) groups is 1. The lowest BCUT2D eigenvalue weighted by Crippen LogP contribution is -2.50. The fourth-order valence-electron chi connectivity index (χ4n) is 2.15. The van der Waals surface area contributed by atoms with E-state index in [0.717, 1.165) is 13.1 Å². The molecule has 3 N–H and O–H groups in total. The summed E-state index contributed by atoms with van der Waals surface area (Å²) in [6.07, 6.45) is 0. The molecule has 1 saturated heterocycles. The van der Waals surface area contributed by atoms with Crippen molar-refractivity contribution in [3.05, 3.63) is 29.8 Å². The molecule has 1 aromatic carbocycles. The molecule has 0 spiro atoms. The highest BCUT2D eigenvalue weighted by Crippen LogP contribution is 2.14. The number of nitrogens with two attached hydrogens (primary N) is 1. The maximum Gasteiger partial charge on any atom is 0.254 e. The number of amides is 1. The number of hydrogen-bond donors (Lipinski definition) is 2. The second kappa shape index (κ2) is 5.99. The highest BCUT2D eigenvalue weighted by molar-refractivity contribution is 7.80. The van der Waals surface area contributed by atoms with Crippen molar-refractivity contribution in [3.63, 3.8) is 0 Å². The number of aromatic hydroxyl groups is 1. The van der Waals surface area contributed by atoms with E-state index in [9.17, 15) is 9.90 Å². The number of phenols is 1. The van der Waals surface area contributed by atoms with Gasteiger partial charge in [0.2, 0.25) is 0 Å². The molecule has 2 rings (SSSR count). The van der Waals surface area contributed by atoms with Gasteiger partial charge >= 0.3 is 0 Å². The van der Waals surface area contributed by atoms with Crippen LogP contribution in [0.1, 0.15) is 10.4 Å². The van der Waals surface area contributed by atoms with Crippen molar-refractivity contribution in [1.82, 2.24) is 9.80 Å². The first kappa shape index (κ1) is 13.8. The molecule has 1 aliphatic heterocycles. The van der Waals surface area contributed by atoms with Gasteiger partial charge in [0, 0.05) is 38.3 Å². The van der Waals surface area contributed by atoms with Gasteiger partial charge in [0.1, 0.15) is 5.75 Å². The topological polar surface area (TPSA) is 69.8 Å². The molecule has 0 unspecified atom stereocenters. The van der Waals surface area contributed by atoms with E-state index in [4.69, 9.17) is 18.0 Å². The first-order chi connectivity index (χ1) is 9.06. The Morgan fingerprint density at radius 2 is 2.00 bits per heavy atom. The number of phenolic OH excluding ortho intramolecular Hbond substituents is 1. The third kappa shape index (κ3) is 3.65. The molecule has 19 heavy (non-hydrogen) atoms. The molecule has 102 valence electrons. The SMILES string of the molecule is NC(=S)CN1CCN(C(=O)c2cccc(O)c2)CC1. The van der Waals surface area contributed by atoms with Gasteiger partial charge in [-0.3, -0.25) is 9.69 Å². The predicted molar refractivity (Wildman–Crippen MR) is 77.2 cm³/mol. The minimum absolute atomic E-state index is 0.0501. The monoisotopic (exact) mass is 279 g/mol. The van der Waals surface area contributed by atoms with Crippen LogP contribution >= 0.6 is 12.2 Å². The number of nitrogens with zero attached hydrogens (tertiary/aromatic N) is 2. The summed E-state index contributed by atoms with van der Waals surface area (Å²) >= 11 is 4.88. The summed E-state index contributed by atoms with van der Waals surface area (Å²) in [6, 6.07) is 6.43. The summed E-state index contributed by atoms with van der Waals surface area (Å²) in [4.78, 5) is 16.6. The maximum atomic E-state index is 12.2. The average molecular weight is 279 g/mol. The summed E-state index contributed by atoms with van der Waals surface area (Å²) in [6.45, 7) is 3.43.